The van der Waals surface area contributed by atoms with Crippen LogP contribution in [-0.2, 0) is 0 Å². The monoisotopic (exact) mass is 276 g/mol. The quantitative estimate of drug-likeness (QED) is 0.775. The molecule has 0 spiro atoms. The standard InChI is InChI=1S/C17H28N2O/c1-15(2)13-16-14-19(11-9-18-16)10-6-12-20-17-7-4-3-5-8-17/h3-5,7-8,15-16,18H,6,9-14H2,1-2H3. The molecule has 3 nitrogen and oxygen atoms in total. The highest BCUT2D eigenvalue weighted by Gasteiger charge is 2.19. The van der Waals surface area contributed by atoms with Crippen molar-refractivity contribution in [1.82, 2.24) is 10.2 Å². The molecule has 0 aromatic heterocycles. The van der Waals surface area contributed by atoms with Gasteiger partial charge in [0.2, 0.25) is 0 Å². The molecule has 1 fully saturated rings. The van der Waals surface area contributed by atoms with Crippen LogP contribution in [0.15, 0.2) is 30.3 Å². The van der Waals surface area contributed by atoms with E-state index in [9.17, 15) is 0 Å². The first-order valence-corrected chi connectivity index (χ1v) is 7.87. The van der Waals surface area contributed by atoms with E-state index in [-0.39, 0.29) is 0 Å². The minimum atomic E-state index is 0.666. The number of para-hydroxylation sites is 1. The van der Waals surface area contributed by atoms with Crippen LogP contribution >= 0.6 is 0 Å². The van der Waals surface area contributed by atoms with Gasteiger partial charge in [0, 0.05) is 32.2 Å². The molecule has 0 radical (unpaired) electrons. The molecule has 3 heteroatoms. The lowest BCUT2D eigenvalue weighted by molar-refractivity contribution is 0.173. The highest BCUT2D eigenvalue weighted by atomic mass is 16.5. The van der Waals surface area contributed by atoms with E-state index in [4.69, 9.17) is 4.74 Å². The predicted octanol–water partition coefficient (Wildman–Crippen LogP) is 2.78. The van der Waals surface area contributed by atoms with Crippen molar-refractivity contribution in [3.8, 4) is 5.75 Å². The molecule has 1 heterocycles. The fourth-order valence-corrected chi connectivity index (χ4v) is 2.82. The van der Waals surface area contributed by atoms with Crippen molar-refractivity contribution < 1.29 is 4.74 Å². The van der Waals surface area contributed by atoms with Crippen molar-refractivity contribution in [2.75, 3.05) is 32.8 Å². The Morgan fingerprint density at radius 3 is 2.85 bits per heavy atom. The molecule has 0 bridgehead atoms. The molecule has 1 saturated heterocycles. The van der Waals surface area contributed by atoms with Crippen LogP contribution in [0.2, 0.25) is 0 Å². The normalized spacial score (nSPS) is 20.2. The first-order valence-electron chi connectivity index (χ1n) is 7.87. The second-order valence-corrected chi connectivity index (χ2v) is 6.10. The first kappa shape index (κ1) is 15.3. The lowest BCUT2D eigenvalue weighted by Crippen LogP contribution is -2.51. The molecule has 20 heavy (non-hydrogen) atoms. The molecule has 2 rings (SSSR count). The summed E-state index contributed by atoms with van der Waals surface area (Å²) in [6.45, 7) is 10.0. The fraction of sp³-hybridized carbons (Fsp3) is 0.647. The summed E-state index contributed by atoms with van der Waals surface area (Å²) in [4.78, 5) is 2.57. The zero-order valence-electron chi connectivity index (χ0n) is 12.8. The van der Waals surface area contributed by atoms with Gasteiger partial charge in [-0.25, -0.2) is 0 Å². The summed E-state index contributed by atoms with van der Waals surface area (Å²) in [5.74, 6) is 1.75. The van der Waals surface area contributed by atoms with E-state index >= 15 is 0 Å². The van der Waals surface area contributed by atoms with Crippen molar-refractivity contribution in [3.63, 3.8) is 0 Å². The number of ether oxygens (including phenoxy) is 1. The van der Waals surface area contributed by atoms with Gasteiger partial charge in [0.15, 0.2) is 0 Å². The lowest BCUT2D eigenvalue weighted by Gasteiger charge is -2.34. The second kappa shape index (κ2) is 8.28. The van der Waals surface area contributed by atoms with E-state index in [1.807, 2.05) is 30.3 Å². The summed E-state index contributed by atoms with van der Waals surface area (Å²) in [6, 6.07) is 10.7. The number of nitrogens with zero attached hydrogens (tertiary/aromatic N) is 1. The zero-order valence-corrected chi connectivity index (χ0v) is 12.8. The summed E-state index contributed by atoms with van der Waals surface area (Å²) in [6.07, 6.45) is 2.38. The van der Waals surface area contributed by atoms with Crippen molar-refractivity contribution in [2.45, 2.75) is 32.7 Å². The molecule has 1 aromatic rings. The van der Waals surface area contributed by atoms with E-state index in [0.717, 1.165) is 37.8 Å². The number of hydrogen-bond donors (Lipinski definition) is 1. The topological polar surface area (TPSA) is 24.5 Å². The number of piperazine rings is 1. The molecule has 0 amide bonds. The van der Waals surface area contributed by atoms with Crippen LogP contribution in [0.5, 0.6) is 5.75 Å². The zero-order chi connectivity index (χ0) is 14.2. The third-order valence-corrected chi connectivity index (χ3v) is 3.73. The average Bonchev–Trinajstić information content (AvgIpc) is 2.44. The highest BCUT2D eigenvalue weighted by Crippen LogP contribution is 2.11. The Morgan fingerprint density at radius 2 is 2.10 bits per heavy atom. The summed E-state index contributed by atoms with van der Waals surface area (Å²) in [5, 5.41) is 3.62. The Bertz CT molecular complexity index is 367. The average molecular weight is 276 g/mol. The van der Waals surface area contributed by atoms with E-state index in [0.29, 0.717) is 6.04 Å². The SMILES string of the molecule is CC(C)CC1CN(CCCOc2ccccc2)CCN1. The van der Waals surface area contributed by atoms with E-state index in [1.54, 1.807) is 0 Å². The van der Waals surface area contributed by atoms with Gasteiger partial charge < -0.3 is 15.0 Å². The molecule has 1 atom stereocenters. The molecular weight excluding hydrogens is 248 g/mol. The summed E-state index contributed by atoms with van der Waals surface area (Å²) in [5.41, 5.74) is 0. The Labute approximate surface area is 123 Å². The van der Waals surface area contributed by atoms with E-state index in [2.05, 4.69) is 24.1 Å². The molecular formula is C17H28N2O. The largest absolute Gasteiger partial charge is 0.494 e. The summed E-state index contributed by atoms with van der Waals surface area (Å²) >= 11 is 0. The van der Waals surface area contributed by atoms with E-state index < -0.39 is 0 Å². The molecule has 1 aromatic carbocycles. The van der Waals surface area contributed by atoms with Crippen LogP contribution in [0.1, 0.15) is 26.7 Å². The summed E-state index contributed by atoms with van der Waals surface area (Å²) < 4.78 is 5.75. The molecule has 112 valence electrons. The highest BCUT2D eigenvalue weighted by molar-refractivity contribution is 5.20. The molecule has 1 unspecified atom stereocenters. The van der Waals surface area contributed by atoms with Gasteiger partial charge in [-0.1, -0.05) is 32.0 Å². The van der Waals surface area contributed by atoms with Crippen LogP contribution < -0.4 is 10.1 Å². The van der Waals surface area contributed by atoms with Crippen molar-refractivity contribution in [3.05, 3.63) is 30.3 Å². The van der Waals surface area contributed by atoms with Crippen LogP contribution in [0.4, 0.5) is 0 Å². The Hall–Kier alpha value is -1.06. The van der Waals surface area contributed by atoms with Crippen molar-refractivity contribution in [1.29, 1.82) is 0 Å². The van der Waals surface area contributed by atoms with Crippen LogP contribution in [-0.4, -0.2) is 43.7 Å². The second-order valence-electron chi connectivity index (χ2n) is 6.10. The third-order valence-electron chi connectivity index (χ3n) is 3.73. The van der Waals surface area contributed by atoms with Crippen LogP contribution in [0.25, 0.3) is 0 Å². The van der Waals surface area contributed by atoms with Crippen LogP contribution in [0.3, 0.4) is 0 Å². The van der Waals surface area contributed by atoms with E-state index in [1.165, 1.54) is 19.5 Å². The number of nitrogens with one attached hydrogen (secondary N) is 1. The predicted molar refractivity (Wildman–Crippen MR) is 84.2 cm³/mol. The molecule has 0 saturated carbocycles. The smallest absolute Gasteiger partial charge is 0.119 e. The minimum absolute atomic E-state index is 0.666. The third kappa shape index (κ3) is 5.51. The maximum atomic E-state index is 5.75. The van der Waals surface area contributed by atoms with Gasteiger partial charge >= 0.3 is 0 Å². The Morgan fingerprint density at radius 1 is 1.30 bits per heavy atom. The van der Waals surface area contributed by atoms with Gasteiger partial charge in [-0.15, -0.1) is 0 Å². The van der Waals surface area contributed by atoms with Gasteiger partial charge in [0.25, 0.3) is 0 Å². The maximum absolute atomic E-state index is 5.75. The number of hydrogen-bond acceptors (Lipinski definition) is 3. The van der Waals surface area contributed by atoms with Gasteiger partial charge in [0.05, 0.1) is 6.61 Å². The Balaban J connectivity index is 1.61. The molecule has 1 aliphatic rings. The first-order chi connectivity index (χ1) is 9.74. The van der Waals surface area contributed by atoms with Crippen molar-refractivity contribution in [2.24, 2.45) is 5.92 Å². The molecule has 1 aliphatic heterocycles. The summed E-state index contributed by atoms with van der Waals surface area (Å²) in [7, 11) is 0. The molecule has 1 N–H and O–H groups in total. The Kier molecular flexibility index (Phi) is 6.34. The van der Waals surface area contributed by atoms with Gasteiger partial charge in [-0.05, 0) is 30.9 Å². The van der Waals surface area contributed by atoms with Gasteiger partial charge in [-0.2, -0.15) is 0 Å². The fourth-order valence-electron chi connectivity index (χ4n) is 2.82. The van der Waals surface area contributed by atoms with Crippen LogP contribution in [0, 0.1) is 5.92 Å². The maximum Gasteiger partial charge on any atom is 0.119 e. The van der Waals surface area contributed by atoms with Gasteiger partial charge in [-0.3, -0.25) is 0 Å². The van der Waals surface area contributed by atoms with Crippen molar-refractivity contribution >= 4 is 0 Å². The number of rotatable bonds is 7. The number of benzene rings is 1. The molecule has 0 aliphatic carbocycles. The lowest BCUT2D eigenvalue weighted by atomic mass is 10.0. The minimum Gasteiger partial charge on any atom is -0.494 e. The van der Waals surface area contributed by atoms with Gasteiger partial charge in [0.1, 0.15) is 5.75 Å².